The Kier molecular flexibility index (Phi) is 2.89. The van der Waals surface area contributed by atoms with E-state index in [4.69, 9.17) is 4.98 Å². The summed E-state index contributed by atoms with van der Waals surface area (Å²) in [4.78, 5) is 16.9. The first-order valence-electron chi connectivity index (χ1n) is 6.74. The molecule has 0 unspecified atom stereocenters. The quantitative estimate of drug-likeness (QED) is 0.717. The zero-order valence-corrected chi connectivity index (χ0v) is 12.0. The van der Waals surface area contributed by atoms with Gasteiger partial charge in [-0.3, -0.25) is 9.36 Å². The van der Waals surface area contributed by atoms with Gasteiger partial charge in [-0.15, -0.1) is 0 Å². The number of hydrogen-bond acceptors (Lipinski definition) is 3. The predicted molar refractivity (Wildman–Crippen MR) is 84.4 cm³/mol. The Morgan fingerprint density at radius 2 is 1.52 bits per heavy atom. The molecule has 0 radical (unpaired) electrons. The minimum absolute atomic E-state index is 0.100. The van der Waals surface area contributed by atoms with E-state index in [1.165, 1.54) is 11.8 Å². The van der Waals surface area contributed by atoms with Crippen molar-refractivity contribution in [1.82, 2.24) is 9.55 Å². The largest absolute Gasteiger partial charge is 0.273 e. The van der Waals surface area contributed by atoms with Crippen molar-refractivity contribution in [3.05, 3.63) is 60.7 Å². The number of rotatable bonds is 2. The molecule has 0 fully saturated rings. The van der Waals surface area contributed by atoms with Crippen molar-refractivity contribution in [2.45, 2.75) is 5.16 Å². The minimum Gasteiger partial charge on any atom is -0.273 e. The molecule has 0 atom stereocenters. The molecular weight excluding hydrogens is 280 g/mol. The van der Waals surface area contributed by atoms with Gasteiger partial charge in [0.25, 0.3) is 0 Å². The van der Waals surface area contributed by atoms with Gasteiger partial charge in [0, 0.05) is 11.1 Å². The SMILES string of the molecule is O=C1CSc2nc(-c3ccccc3)c(-c3ccccc3)n21. The summed E-state index contributed by atoms with van der Waals surface area (Å²) in [5, 5.41) is 0.790. The molecule has 102 valence electrons. The molecule has 0 spiro atoms. The molecule has 3 aromatic rings. The second kappa shape index (κ2) is 4.90. The normalized spacial score (nSPS) is 13.4. The van der Waals surface area contributed by atoms with Gasteiger partial charge in [-0.05, 0) is 0 Å². The number of nitrogens with zero attached hydrogens (tertiary/aromatic N) is 2. The molecule has 0 N–H and O–H groups in total. The molecule has 0 bridgehead atoms. The van der Waals surface area contributed by atoms with E-state index in [9.17, 15) is 4.79 Å². The summed E-state index contributed by atoms with van der Waals surface area (Å²) in [6, 6.07) is 20.0. The maximum atomic E-state index is 12.2. The van der Waals surface area contributed by atoms with Crippen LogP contribution >= 0.6 is 11.8 Å². The summed E-state index contributed by atoms with van der Waals surface area (Å²) in [5.74, 6) is 0.570. The lowest BCUT2D eigenvalue weighted by atomic mass is 10.0. The van der Waals surface area contributed by atoms with Crippen LogP contribution < -0.4 is 0 Å². The van der Waals surface area contributed by atoms with Crippen LogP contribution in [0.1, 0.15) is 4.79 Å². The number of thioether (sulfide) groups is 1. The van der Waals surface area contributed by atoms with E-state index in [-0.39, 0.29) is 5.91 Å². The number of benzene rings is 2. The summed E-state index contributed by atoms with van der Waals surface area (Å²) in [5.41, 5.74) is 3.82. The lowest BCUT2D eigenvalue weighted by Gasteiger charge is -2.07. The Hall–Kier alpha value is -2.33. The first-order chi connectivity index (χ1) is 10.3. The van der Waals surface area contributed by atoms with Crippen LogP contribution in [-0.4, -0.2) is 21.2 Å². The summed E-state index contributed by atoms with van der Waals surface area (Å²) in [6.07, 6.45) is 0. The van der Waals surface area contributed by atoms with Crippen LogP contribution in [-0.2, 0) is 0 Å². The average molecular weight is 292 g/mol. The molecule has 2 aromatic carbocycles. The monoisotopic (exact) mass is 292 g/mol. The number of hydrogen-bond donors (Lipinski definition) is 0. The Bertz CT molecular complexity index is 810. The number of aromatic nitrogens is 2. The lowest BCUT2D eigenvalue weighted by molar-refractivity contribution is 0.0941. The smallest absolute Gasteiger partial charge is 0.243 e. The van der Waals surface area contributed by atoms with Crippen LogP contribution in [0.5, 0.6) is 0 Å². The zero-order chi connectivity index (χ0) is 14.2. The Morgan fingerprint density at radius 3 is 2.19 bits per heavy atom. The van der Waals surface area contributed by atoms with Crippen molar-refractivity contribution < 1.29 is 4.79 Å². The van der Waals surface area contributed by atoms with Gasteiger partial charge < -0.3 is 0 Å². The highest BCUT2D eigenvalue weighted by molar-refractivity contribution is 8.00. The van der Waals surface area contributed by atoms with Crippen LogP contribution in [0.15, 0.2) is 65.8 Å². The van der Waals surface area contributed by atoms with Crippen molar-refractivity contribution in [3.63, 3.8) is 0 Å². The van der Waals surface area contributed by atoms with Crippen molar-refractivity contribution in [3.8, 4) is 22.5 Å². The number of imidazole rings is 1. The van der Waals surface area contributed by atoms with Gasteiger partial charge >= 0.3 is 0 Å². The van der Waals surface area contributed by atoms with E-state index in [2.05, 4.69) is 0 Å². The zero-order valence-electron chi connectivity index (χ0n) is 11.2. The molecular formula is C17H12N2OS. The van der Waals surface area contributed by atoms with Crippen molar-refractivity contribution in [2.24, 2.45) is 0 Å². The minimum atomic E-state index is 0.100. The highest BCUT2D eigenvalue weighted by atomic mass is 32.2. The van der Waals surface area contributed by atoms with Crippen LogP contribution in [0.4, 0.5) is 0 Å². The van der Waals surface area contributed by atoms with E-state index in [1.807, 2.05) is 60.7 Å². The number of fused-ring (bicyclic) bond motifs is 1. The van der Waals surface area contributed by atoms with E-state index in [0.29, 0.717) is 5.75 Å². The molecule has 1 aliphatic rings. The Labute approximate surface area is 126 Å². The fraction of sp³-hybridized carbons (Fsp3) is 0.0588. The van der Waals surface area contributed by atoms with Gasteiger partial charge in [0.1, 0.15) is 0 Å². The third kappa shape index (κ3) is 1.99. The maximum absolute atomic E-state index is 12.2. The van der Waals surface area contributed by atoms with Crippen LogP contribution in [0, 0.1) is 0 Å². The third-order valence-corrected chi connectivity index (χ3v) is 4.44. The summed E-state index contributed by atoms with van der Waals surface area (Å²) >= 11 is 1.50. The van der Waals surface area contributed by atoms with Gasteiger partial charge in [0.2, 0.25) is 5.91 Å². The number of carbonyl (C=O) groups is 1. The molecule has 4 heteroatoms. The fourth-order valence-corrected chi connectivity index (χ4v) is 3.44. The van der Waals surface area contributed by atoms with Crippen molar-refractivity contribution in [1.29, 1.82) is 0 Å². The molecule has 1 aromatic heterocycles. The molecule has 4 rings (SSSR count). The van der Waals surface area contributed by atoms with Gasteiger partial charge in [-0.25, -0.2) is 4.98 Å². The second-order valence-electron chi connectivity index (χ2n) is 4.84. The van der Waals surface area contributed by atoms with Crippen LogP contribution in [0.3, 0.4) is 0 Å². The standard InChI is InChI=1S/C17H12N2OS/c20-14-11-21-17-18-15(12-7-3-1-4-8-12)16(19(14)17)13-9-5-2-6-10-13/h1-10H,11H2. The van der Waals surface area contributed by atoms with Gasteiger partial charge in [-0.2, -0.15) is 0 Å². The molecule has 0 saturated carbocycles. The second-order valence-corrected chi connectivity index (χ2v) is 5.78. The van der Waals surface area contributed by atoms with Crippen molar-refractivity contribution >= 4 is 17.7 Å². The molecule has 0 saturated heterocycles. The predicted octanol–water partition coefficient (Wildman–Crippen LogP) is 3.96. The molecule has 1 aliphatic heterocycles. The summed E-state index contributed by atoms with van der Waals surface area (Å²) in [7, 11) is 0. The molecule has 21 heavy (non-hydrogen) atoms. The molecule has 0 amide bonds. The van der Waals surface area contributed by atoms with Gasteiger partial charge in [-0.1, -0.05) is 72.4 Å². The van der Waals surface area contributed by atoms with E-state index in [0.717, 1.165) is 27.7 Å². The molecule has 3 nitrogen and oxygen atoms in total. The van der Waals surface area contributed by atoms with E-state index >= 15 is 0 Å². The van der Waals surface area contributed by atoms with Gasteiger partial charge in [0.15, 0.2) is 5.16 Å². The highest BCUT2D eigenvalue weighted by Crippen LogP contribution is 2.38. The summed E-state index contributed by atoms with van der Waals surface area (Å²) < 4.78 is 1.75. The van der Waals surface area contributed by atoms with E-state index in [1.54, 1.807) is 4.57 Å². The lowest BCUT2D eigenvalue weighted by Crippen LogP contribution is -2.08. The van der Waals surface area contributed by atoms with Crippen LogP contribution in [0.25, 0.3) is 22.5 Å². The Morgan fingerprint density at radius 1 is 0.905 bits per heavy atom. The number of carbonyl (C=O) groups excluding carboxylic acids is 1. The fourth-order valence-electron chi connectivity index (χ4n) is 2.58. The Balaban J connectivity index is 2.01. The topological polar surface area (TPSA) is 34.9 Å². The van der Waals surface area contributed by atoms with E-state index < -0.39 is 0 Å². The average Bonchev–Trinajstić information content (AvgIpc) is 3.09. The third-order valence-electron chi connectivity index (χ3n) is 3.52. The highest BCUT2D eigenvalue weighted by Gasteiger charge is 2.29. The first kappa shape index (κ1) is 12.4. The first-order valence-corrected chi connectivity index (χ1v) is 7.73. The maximum Gasteiger partial charge on any atom is 0.243 e. The molecule has 0 aliphatic carbocycles. The van der Waals surface area contributed by atoms with Crippen molar-refractivity contribution in [2.75, 3.05) is 5.75 Å². The van der Waals surface area contributed by atoms with Gasteiger partial charge in [0.05, 0.1) is 17.1 Å². The molecule has 2 heterocycles. The van der Waals surface area contributed by atoms with Crippen LogP contribution in [0.2, 0.25) is 0 Å². The summed E-state index contributed by atoms with van der Waals surface area (Å²) in [6.45, 7) is 0.